The van der Waals surface area contributed by atoms with E-state index in [0.717, 1.165) is 10.7 Å². The number of hydrogen-bond donors (Lipinski definition) is 2. The topological polar surface area (TPSA) is 62.2 Å². The molecule has 0 bridgehead atoms. The van der Waals surface area contributed by atoms with E-state index in [-0.39, 0.29) is 5.92 Å². The quantitative estimate of drug-likeness (QED) is 0.777. The Morgan fingerprint density at radius 1 is 1.43 bits per heavy atom. The molecule has 0 amide bonds. The van der Waals surface area contributed by atoms with Gasteiger partial charge in [-0.2, -0.15) is 0 Å². The second kappa shape index (κ2) is 7.68. The van der Waals surface area contributed by atoms with Crippen LogP contribution >= 0.6 is 22.7 Å². The number of aromatic nitrogens is 1. The number of aliphatic carboxylic acids is 1. The lowest BCUT2D eigenvalue weighted by Gasteiger charge is -2.14. The smallest absolute Gasteiger partial charge is 0.307 e. The predicted molar refractivity (Wildman–Crippen MR) is 87.7 cm³/mol. The molecule has 6 heteroatoms. The fourth-order valence-corrected chi connectivity index (χ4v) is 3.75. The first-order valence-electron chi connectivity index (χ1n) is 6.98. The van der Waals surface area contributed by atoms with E-state index in [9.17, 15) is 9.90 Å². The van der Waals surface area contributed by atoms with E-state index in [0.29, 0.717) is 25.4 Å². The number of carbonyl (C=O) groups is 1. The van der Waals surface area contributed by atoms with Crippen molar-refractivity contribution >= 4 is 28.6 Å². The number of thiazole rings is 1. The Hall–Kier alpha value is -1.24. The molecule has 0 radical (unpaired) electrons. The molecule has 2 rings (SSSR count). The van der Waals surface area contributed by atoms with Gasteiger partial charge in [-0.15, -0.1) is 22.7 Å². The van der Waals surface area contributed by atoms with Crippen molar-refractivity contribution in [2.45, 2.75) is 26.8 Å². The molecule has 2 heterocycles. The molecular formula is C15H20N2O2S2. The van der Waals surface area contributed by atoms with Crippen LogP contribution in [0, 0.1) is 11.8 Å². The third-order valence-corrected chi connectivity index (χ3v) is 5.02. The second-order valence-electron chi connectivity index (χ2n) is 5.42. The molecule has 0 aliphatic heterocycles. The summed E-state index contributed by atoms with van der Waals surface area (Å²) in [4.78, 5) is 16.9. The minimum Gasteiger partial charge on any atom is -0.481 e. The van der Waals surface area contributed by atoms with Gasteiger partial charge >= 0.3 is 5.97 Å². The zero-order valence-corrected chi connectivity index (χ0v) is 13.8. The van der Waals surface area contributed by atoms with Gasteiger partial charge in [-0.1, -0.05) is 19.9 Å². The molecule has 1 atom stereocenters. The van der Waals surface area contributed by atoms with Crippen molar-refractivity contribution in [2.75, 3.05) is 6.54 Å². The molecule has 1 unspecified atom stereocenters. The fourth-order valence-electron chi connectivity index (χ4n) is 2.12. The first-order chi connectivity index (χ1) is 10.1. The zero-order valence-electron chi connectivity index (χ0n) is 12.2. The highest BCUT2D eigenvalue weighted by atomic mass is 32.1. The summed E-state index contributed by atoms with van der Waals surface area (Å²) in [5, 5.41) is 17.5. The molecule has 114 valence electrons. The Labute approximate surface area is 132 Å². The SMILES string of the molecule is CC(C)CC(CNCc1csc(-c2cccs2)n1)C(=O)O. The third kappa shape index (κ3) is 4.91. The first-order valence-corrected chi connectivity index (χ1v) is 8.74. The number of carboxylic acid groups (broad SMARTS) is 1. The lowest BCUT2D eigenvalue weighted by atomic mass is 9.97. The van der Waals surface area contributed by atoms with Crippen LogP contribution in [0.25, 0.3) is 9.88 Å². The van der Waals surface area contributed by atoms with Crippen molar-refractivity contribution < 1.29 is 9.90 Å². The van der Waals surface area contributed by atoms with Gasteiger partial charge in [0.15, 0.2) is 0 Å². The van der Waals surface area contributed by atoms with Crippen LogP contribution in [0.3, 0.4) is 0 Å². The molecule has 0 aliphatic rings. The first kappa shape index (κ1) is 16.1. The molecule has 0 aliphatic carbocycles. The summed E-state index contributed by atoms with van der Waals surface area (Å²) < 4.78 is 0. The summed E-state index contributed by atoms with van der Waals surface area (Å²) in [6, 6.07) is 4.08. The fraction of sp³-hybridized carbons (Fsp3) is 0.467. The standard InChI is InChI=1S/C15H20N2O2S2/c1-10(2)6-11(15(18)19)7-16-8-12-9-21-14(17-12)13-4-3-5-20-13/h3-5,9-11,16H,6-8H2,1-2H3,(H,18,19). The number of hydrogen-bond acceptors (Lipinski definition) is 5. The minimum atomic E-state index is -0.728. The number of carboxylic acids is 1. The van der Waals surface area contributed by atoms with Crippen molar-refractivity contribution in [2.24, 2.45) is 11.8 Å². The van der Waals surface area contributed by atoms with Gasteiger partial charge in [0.25, 0.3) is 0 Å². The number of rotatable bonds is 8. The summed E-state index contributed by atoms with van der Waals surface area (Å²) in [6.45, 7) is 5.19. The molecule has 0 spiro atoms. The van der Waals surface area contributed by atoms with E-state index in [1.54, 1.807) is 22.7 Å². The summed E-state index contributed by atoms with van der Waals surface area (Å²) in [5.41, 5.74) is 0.970. The average molecular weight is 324 g/mol. The molecule has 0 saturated carbocycles. The Balaban J connectivity index is 1.84. The normalized spacial score (nSPS) is 12.7. The van der Waals surface area contributed by atoms with Gasteiger partial charge in [0.2, 0.25) is 0 Å². The summed E-state index contributed by atoms with van der Waals surface area (Å²) in [6.07, 6.45) is 0.694. The Morgan fingerprint density at radius 3 is 2.86 bits per heavy atom. The second-order valence-corrected chi connectivity index (χ2v) is 7.22. The van der Waals surface area contributed by atoms with Crippen LogP contribution in [0.1, 0.15) is 26.0 Å². The van der Waals surface area contributed by atoms with Crippen molar-refractivity contribution in [1.29, 1.82) is 0 Å². The Bertz CT molecular complexity index is 564. The van der Waals surface area contributed by atoms with E-state index in [2.05, 4.69) is 16.4 Å². The molecule has 0 saturated heterocycles. The van der Waals surface area contributed by atoms with E-state index in [1.165, 1.54) is 4.88 Å². The lowest BCUT2D eigenvalue weighted by Crippen LogP contribution is -2.29. The van der Waals surface area contributed by atoms with Gasteiger partial charge in [0.05, 0.1) is 16.5 Å². The van der Waals surface area contributed by atoms with Gasteiger partial charge in [0, 0.05) is 18.5 Å². The summed E-state index contributed by atoms with van der Waals surface area (Å²) >= 11 is 3.30. The van der Waals surface area contributed by atoms with E-state index >= 15 is 0 Å². The largest absolute Gasteiger partial charge is 0.481 e. The van der Waals surface area contributed by atoms with E-state index < -0.39 is 5.97 Å². The average Bonchev–Trinajstić information content (AvgIpc) is 3.07. The monoisotopic (exact) mass is 324 g/mol. The molecule has 2 N–H and O–H groups in total. The van der Waals surface area contributed by atoms with Crippen LogP contribution in [0.5, 0.6) is 0 Å². The highest BCUT2D eigenvalue weighted by Gasteiger charge is 2.18. The lowest BCUT2D eigenvalue weighted by molar-refractivity contribution is -0.142. The summed E-state index contributed by atoms with van der Waals surface area (Å²) in [7, 11) is 0. The van der Waals surface area contributed by atoms with E-state index in [4.69, 9.17) is 0 Å². The molecule has 4 nitrogen and oxygen atoms in total. The molecule has 2 aromatic rings. The Morgan fingerprint density at radius 2 is 2.24 bits per heavy atom. The molecular weight excluding hydrogens is 304 g/mol. The van der Waals surface area contributed by atoms with Crippen LogP contribution in [0.2, 0.25) is 0 Å². The number of nitrogens with zero attached hydrogens (tertiary/aromatic N) is 1. The van der Waals surface area contributed by atoms with Crippen LogP contribution in [0.15, 0.2) is 22.9 Å². The predicted octanol–water partition coefficient (Wildman–Crippen LogP) is 3.71. The van der Waals surface area contributed by atoms with Crippen LogP contribution < -0.4 is 5.32 Å². The van der Waals surface area contributed by atoms with Gasteiger partial charge in [-0.25, -0.2) is 4.98 Å². The van der Waals surface area contributed by atoms with Crippen molar-refractivity contribution in [3.05, 3.63) is 28.6 Å². The van der Waals surface area contributed by atoms with E-state index in [1.807, 2.05) is 30.7 Å². The van der Waals surface area contributed by atoms with Crippen molar-refractivity contribution in [1.82, 2.24) is 10.3 Å². The maximum absolute atomic E-state index is 11.2. The minimum absolute atomic E-state index is 0.333. The highest BCUT2D eigenvalue weighted by molar-refractivity contribution is 7.20. The van der Waals surface area contributed by atoms with Gasteiger partial charge in [-0.3, -0.25) is 4.79 Å². The van der Waals surface area contributed by atoms with Gasteiger partial charge in [-0.05, 0) is 23.8 Å². The third-order valence-electron chi connectivity index (χ3n) is 3.09. The molecule has 2 aromatic heterocycles. The Kier molecular flexibility index (Phi) is 5.90. The zero-order chi connectivity index (χ0) is 15.2. The van der Waals surface area contributed by atoms with Gasteiger partial charge in [0.1, 0.15) is 5.01 Å². The molecule has 21 heavy (non-hydrogen) atoms. The highest BCUT2D eigenvalue weighted by Crippen LogP contribution is 2.27. The van der Waals surface area contributed by atoms with Crippen LogP contribution in [0.4, 0.5) is 0 Å². The maximum atomic E-state index is 11.2. The molecule has 0 aromatic carbocycles. The van der Waals surface area contributed by atoms with Gasteiger partial charge < -0.3 is 10.4 Å². The van der Waals surface area contributed by atoms with Crippen LogP contribution in [-0.2, 0) is 11.3 Å². The van der Waals surface area contributed by atoms with Crippen molar-refractivity contribution in [3.63, 3.8) is 0 Å². The van der Waals surface area contributed by atoms with Crippen LogP contribution in [-0.4, -0.2) is 22.6 Å². The summed E-state index contributed by atoms with van der Waals surface area (Å²) in [5.74, 6) is -0.674. The maximum Gasteiger partial charge on any atom is 0.307 e. The van der Waals surface area contributed by atoms with Crippen molar-refractivity contribution in [3.8, 4) is 9.88 Å². The number of nitrogens with one attached hydrogen (secondary N) is 1. The number of thiophene rings is 1. The molecule has 0 fully saturated rings.